The minimum absolute atomic E-state index is 0.306. The van der Waals surface area contributed by atoms with E-state index >= 15 is 0 Å². The van der Waals surface area contributed by atoms with Crippen molar-refractivity contribution >= 4 is 6.09 Å². The number of amides is 1. The molecule has 6 N–H and O–H groups in total. The van der Waals surface area contributed by atoms with Crippen molar-refractivity contribution in [3.63, 3.8) is 0 Å². The molecular weight excluding hydrogens is 282 g/mol. The minimum atomic E-state index is -1.74. The van der Waals surface area contributed by atoms with Crippen molar-refractivity contribution in [2.45, 2.75) is 24.4 Å². The summed E-state index contributed by atoms with van der Waals surface area (Å²) in [6.07, 6.45) is -7.44. The Balaban J connectivity index is 2.38. The average molecular weight is 301 g/mol. The standard InChI is InChI=1S/C13H19NO7/c15-7-10(17)12(19)11(18)9(16)6-14-13(20)21-8-4-2-1-3-5-8/h1-5,9-12,15-19H,6-7H2,(H,14,20)/t9-,10+,11+,12+/m0/s1. The number of aliphatic hydroxyl groups excluding tert-OH is 5. The Morgan fingerprint density at radius 1 is 1.05 bits per heavy atom. The van der Waals surface area contributed by atoms with Crippen molar-refractivity contribution in [2.75, 3.05) is 13.2 Å². The number of hydrogen-bond acceptors (Lipinski definition) is 7. The van der Waals surface area contributed by atoms with Crippen LogP contribution < -0.4 is 10.1 Å². The van der Waals surface area contributed by atoms with Crippen LogP contribution in [0.25, 0.3) is 0 Å². The first-order chi connectivity index (χ1) is 9.95. The third-order valence-corrected chi connectivity index (χ3v) is 2.73. The zero-order chi connectivity index (χ0) is 15.8. The molecule has 0 unspecified atom stereocenters. The fourth-order valence-corrected chi connectivity index (χ4v) is 1.50. The van der Waals surface area contributed by atoms with Crippen molar-refractivity contribution in [3.8, 4) is 5.75 Å². The van der Waals surface area contributed by atoms with E-state index in [4.69, 9.17) is 14.9 Å². The van der Waals surface area contributed by atoms with Crippen molar-refractivity contribution < 1.29 is 35.1 Å². The monoisotopic (exact) mass is 301 g/mol. The van der Waals surface area contributed by atoms with Crippen LogP contribution in [0, 0.1) is 0 Å². The van der Waals surface area contributed by atoms with Gasteiger partial charge in [-0.3, -0.25) is 0 Å². The van der Waals surface area contributed by atoms with Gasteiger partial charge in [0.05, 0.1) is 12.7 Å². The van der Waals surface area contributed by atoms with Gasteiger partial charge in [0.25, 0.3) is 0 Å². The molecule has 0 saturated carbocycles. The van der Waals surface area contributed by atoms with E-state index in [0.29, 0.717) is 5.75 Å². The summed E-state index contributed by atoms with van der Waals surface area (Å²) in [6, 6.07) is 8.22. The predicted molar refractivity (Wildman–Crippen MR) is 71.6 cm³/mol. The highest BCUT2D eigenvalue weighted by molar-refractivity contribution is 5.70. The Bertz CT molecular complexity index is 428. The van der Waals surface area contributed by atoms with Crippen LogP contribution >= 0.6 is 0 Å². The molecule has 1 amide bonds. The Morgan fingerprint density at radius 3 is 2.19 bits per heavy atom. The lowest BCUT2D eigenvalue weighted by molar-refractivity contribution is -0.113. The molecule has 0 radical (unpaired) electrons. The largest absolute Gasteiger partial charge is 0.412 e. The lowest BCUT2D eigenvalue weighted by atomic mass is 10.0. The molecule has 0 bridgehead atoms. The number of aliphatic hydroxyl groups is 5. The number of nitrogens with one attached hydrogen (secondary N) is 1. The number of ether oxygens (including phenoxy) is 1. The van der Waals surface area contributed by atoms with E-state index < -0.39 is 43.7 Å². The summed E-state index contributed by atoms with van der Waals surface area (Å²) in [4.78, 5) is 11.4. The number of hydrogen-bond donors (Lipinski definition) is 6. The maximum atomic E-state index is 11.4. The summed E-state index contributed by atoms with van der Waals surface area (Å²) in [5.41, 5.74) is 0. The molecule has 1 aromatic carbocycles. The highest BCUT2D eigenvalue weighted by Gasteiger charge is 2.30. The summed E-state index contributed by atoms with van der Waals surface area (Å²) < 4.78 is 4.88. The zero-order valence-electron chi connectivity index (χ0n) is 11.2. The number of carbonyl (C=O) groups is 1. The fourth-order valence-electron chi connectivity index (χ4n) is 1.50. The fraction of sp³-hybridized carbons (Fsp3) is 0.462. The molecule has 0 aromatic heterocycles. The van der Waals surface area contributed by atoms with E-state index in [9.17, 15) is 20.1 Å². The van der Waals surface area contributed by atoms with Crippen LogP contribution in [0.3, 0.4) is 0 Å². The Morgan fingerprint density at radius 2 is 1.62 bits per heavy atom. The molecule has 1 aromatic rings. The molecule has 0 fully saturated rings. The van der Waals surface area contributed by atoms with Gasteiger partial charge < -0.3 is 35.6 Å². The van der Waals surface area contributed by atoms with Gasteiger partial charge in [0.1, 0.15) is 24.1 Å². The molecule has 0 aliphatic rings. The molecule has 21 heavy (non-hydrogen) atoms. The van der Waals surface area contributed by atoms with Crippen LogP contribution in [0.1, 0.15) is 0 Å². The molecule has 4 atom stereocenters. The second-order valence-electron chi connectivity index (χ2n) is 4.38. The summed E-state index contributed by atoms with van der Waals surface area (Å²) in [5, 5.41) is 48.5. The summed E-state index contributed by atoms with van der Waals surface area (Å²) >= 11 is 0. The van der Waals surface area contributed by atoms with Gasteiger partial charge in [-0.05, 0) is 12.1 Å². The van der Waals surface area contributed by atoms with E-state index in [2.05, 4.69) is 5.32 Å². The van der Waals surface area contributed by atoms with Crippen LogP contribution in [0.5, 0.6) is 5.75 Å². The first-order valence-electron chi connectivity index (χ1n) is 6.29. The van der Waals surface area contributed by atoms with Gasteiger partial charge in [-0.2, -0.15) is 0 Å². The molecule has 1 rings (SSSR count). The minimum Gasteiger partial charge on any atom is -0.410 e. The lowest BCUT2D eigenvalue weighted by Crippen LogP contribution is -2.49. The van der Waals surface area contributed by atoms with Gasteiger partial charge in [0, 0.05) is 6.54 Å². The molecule has 0 spiro atoms. The van der Waals surface area contributed by atoms with E-state index in [1.165, 1.54) is 0 Å². The number of para-hydroxylation sites is 1. The second kappa shape index (κ2) is 8.55. The van der Waals surface area contributed by atoms with Crippen LogP contribution in [0.15, 0.2) is 30.3 Å². The van der Waals surface area contributed by atoms with Crippen molar-refractivity contribution in [3.05, 3.63) is 30.3 Å². The van der Waals surface area contributed by atoms with Crippen molar-refractivity contribution in [2.24, 2.45) is 0 Å². The second-order valence-corrected chi connectivity index (χ2v) is 4.38. The van der Waals surface area contributed by atoms with Gasteiger partial charge >= 0.3 is 6.09 Å². The average Bonchev–Trinajstić information content (AvgIpc) is 2.51. The smallest absolute Gasteiger partial charge is 0.410 e. The SMILES string of the molecule is O=C(NC[C@H](O)[C@@H](O)[C@H](O)[C@H](O)CO)Oc1ccccc1. The topological polar surface area (TPSA) is 139 Å². The third kappa shape index (κ3) is 5.66. The molecule has 8 heteroatoms. The molecule has 118 valence electrons. The lowest BCUT2D eigenvalue weighted by Gasteiger charge is -2.25. The first kappa shape index (κ1) is 17.3. The Labute approximate surface area is 121 Å². The first-order valence-corrected chi connectivity index (χ1v) is 6.29. The normalized spacial score (nSPS) is 16.6. The number of rotatable bonds is 7. The summed E-state index contributed by atoms with van der Waals surface area (Å²) in [6.45, 7) is -1.17. The molecule has 0 heterocycles. The van der Waals surface area contributed by atoms with Crippen LogP contribution in [-0.4, -0.2) is 69.2 Å². The molecule has 0 aliphatic heterocycles. The molecular formula is C13H19NO7. The van der Waals surface area contributed by atoms with E-state index in [1.54, 1.807) is 30.3 Å². The Kier molecular flexibility index (Phi) is 7.06. The van der Waals surface area contributed by atoms with Gasteiger partial charge in [-0.15, -0.1) is 0 Å². The van der Waals surface area contributed by atoms with Gasteiger partial charge in [-0.1, -0.05) is 18.2 Å². The quantitative estimate of drug-likeness (QED) is 0.349. The van der Waals surface area contributed by atoms with Gasteiger partial charge in [0.2, 0.25) is 0 Å². The van der Waals surface area contributed by atoms with E-state index in [0.717, 1.165) is 0 Å². The highest BCUT2D eigenvalue weighted by Crippen LogP contribution is 2.08. The van der Waals surface area contributed by atoms with E-state index in [-0.39, 0.29) is 0 Å². The molecule has 0 aliphatic carbocycles. The van der Waals surface area contributed by atoms with E-state index in [1.807, 2.05) is 0 Å². The highest BCUT2D eigenvalue weighted by atomic mass is 16.6. The van der Waals surface area contributed by atoms with Crippen LogP contribution in [0.2, 0.25) is 0 Å². The van der Waals surface area contributed by atoms with Gasteiger partial charge in [0.15, 0.2) is 0 Å². The Hall–Kier alpha value is -1.71. The summed E-state index contributed by atoms with van der Waals surface area (Å²) in [7, 11) is 0. The van der Waals surface area contributed by atoms with Gasteiger partial charge in [-0.25, -0.2) is 4.79 Å². The van der Waals surface area contributed by atoms with Crippen LogP contribution in [-0.2, 0) is 0 Å². The predicted octanol–water partition coefficient (Wildman–Crippen LogP) is -1.79. The molecule has 8 nitrogen and oxygen atoms in total. The molecule has 0 saturated heterocycles. The van der Waals surface area contributed by atoms with Crippen LogP contribution in [0.4, 0.5) is 4.79 Å². The maximum absolute atomic E-state index is 11.4. The van der Waals surface area contributed by atoms with Crippen molar-refractivity contribution in [1.82, 2.24) is 5.32 Å². The van der Waals surface area contributed by atoms with Crippen molar-refractivity contribution in [1.29, 1.82) is 0 Å². The maximum Gasteiger partial charge on any atom is 0.412 e. The number of carbonyl (C=O) groups excluding carboxylic acids is 1. The third-order valence-electron chi connectivity index (χ3n) is 2.73. The summed E-state index contributed by atoms with van der Waals surface area (Å²) in [5.74, 6) is 0.306. The zero-order valence-corrected chi connectivity index (χ0v) is 11.2. The number of benzene rings is 1.